The number of rotatable bonds is 10. The number of aromatic nitrogens is 4. The lowest BCUT2D eigenvalue weighted by atomic mass is 9.65. The normalized spacial score (nSPS) is 14.1. The van der Waals surface area contributed by atoms with E-state index in [-0.39, 0.29) is 0 Å². The Morgan fingerprint density at radius 1 is 0.170 bits per heavy atom. The van der Waals surface area contributed by atoms with Crippen LogP contribution < -0.4 is 9.47 Å². The lowest BCUT2D eigenvalue weighted by Crippen LogP contribution is -2.32. The van der Waals surface area contributed by atoms with Crippen LogP contribution in [0.15, 0.2) is 376 Å². The summed E-state index contributed by atoms with van der Waals surface area (Å²) in [6.45, 7) is 0. The van der Waals surface area contributed by atoms with E-state index in [2.05, 4.69) is 358 Å². The summed E-state index contributed by atoms with van der Waals surface area (Å²) in [5, 5.41) is 0. The van der Waals surface area contributed by atoms with Crippen molar-refractivity contribution in [3.05, 3.63) is 421 Å². The molecule has 106 heavy (non-hydrogen) atoms. The van der Waals surface area contributed by atoms with E-state index in [4.69, 9.17) is 29.4 Å². The third-order valence-corrected chi connectivity index (χ3v) is 22.1. The molecule has 0 bridgehead atoms. The topological polar surface area (TPSA) is 70.0 Å². The predicted molar refractivity (Wildman–Crippen MR) is 427 cm³/mol. The second-order valence-corrected chi connectivity index (χ2v) is 27.8. The molecule has 0 fully saturated rings. The van der Waals surface area contributed by atoms with Crippen LogP contribution in [0, 0.1) is 0 Å². The molecule has 0 saturated heterocycles. The fraction of sp³-hybridized carbons (Fsp3) is 0.0200. The molecule has 21 rings (SSSR count). The third kappa shape index (κ3) is 9.51. The zero-order valence-electron chi connectivity index (χ0n) is 57.4. The summed E-state index contributed by atoms with van der Waals surface area (Å²) in [6, 6.07) is 134. The SMILES string of the molecule is c1ccc(-c2ccc(-c3cc(-c4ccccc4)nc(-c4ccc(-c5cccc6c5Oc5ccccc5C65c6ccccc6-c6cc(-c7cccc(-c8cc(-c9ccccc9)nc(-c9ccc(-c%10cccc%11c%10Oc%10ccccc%10C%11%10c%11ccccc%11-c%11ccccc%11%10)cc9)n8)c7)ccc65)cc4)n3)cc2)cc1. The largest absolute Gasteiger partial charge is 0.456 e. The second kappa shape index (κ2) is 24.4. The van der Waals surface area contributed by atoms with Crippen molar-refractivity contribution in [3.63, 3.8) is 0 Å². The average Bonchev–Trinajstić information content (AvgIpc) is 1.49. The molecule has 17 aromatic rings. The van der Waals surface area contributed by atoms with Gasteiger partial charge in [-0.3, -0.25) is 0 Å². The molecule has 1 unspecified atom stereocenters. The number of benzene rings is 15. The zero-order chi connectivity index (χ0) is 69.9. The van der Waals surface area contributed by atoms with Gasteiger partial charge in [0.25, 0.3) is 0 Å². The Morgan fingerprint density at radius 2 is 0.462 bits per heavy atom. The predicted octanol–water partition coefficient (Wildman–Crippen LogP) is 24.9. The van der Waals surface area contributed by atoms with Gasteiger partial charge in [0.15, 0.2) is 11.6 Å². The van der Waals surface area contributed by atoms with E-state index in [1.54, 1.807) is 0 Å². The molecule has 0 radical (unpaired) electrons. The van der Waals surface area contributed by atoms with Crippen LogP contribution in [0.2, 0.25) is 0 Å². The number of ether oxygens (including phenoxy) is 2. The van der Waals surface area contributed by atoms with Crippen LogP contribution >= 0.6 is 0 Å². The summed E-state index contributed by atoms with van der Waals surface area (Å²) in [5.74, 6) is 4.67. The summed E-state index contributed by atoms with van der Waals surface area (Å²) in [7, 11) is 0. The van der Waals surface area contributed by atoms with E-state index in [1.165, 1.54) is 50.1 Å². The van der Waals surface area contributed by atoms with Crippen molar-refractivity contribution in [1.29, 1.82) is 0 Å². The van der Waals surface area contributed by atoms with E-state index < -0.39 is 10.8 Å². The summed E-state index contributed by atoms with van der Waals surface area (Å²) >= 11 is 0. The van der Waals surface area contributed by atoms with Gasteiger partial charge in [-0.1, -0.05) is 340 Å². The standard InChI is InChI=1S/C100H62N4O2/c1-4-23-63(24-5-1)64-45-51-69(52-46-64)91-61-89(67-25-6-2-7-26-67)101-97(103-91)70-53-47-66(48-54-70)76-35-22-42-88-96(76)106-94-44-19-17-40-86(94)100(88)83-38-15-12-33-79(83)80-60-73(57-58-84(80)100)72-29-20-30-74(59-72)92-62-90(68-27-8-3-9-28-68)102-98(104-92)71-55-49-65(50-56-71)75-34-21-41-87-95(75)105-93-43-18-16-39-85(93)99(87)81-36-13-10-31-77(81)78-32-11-14-37-82(78)99/h1-62H. The smallest absolute Gasteiger partial charge is 0.160 e. The Kier molecular flexibility index (Phi) is 14.0. The highest BCUT2D eigenvalue weighted by Crippen LogP contribution is 2.65. The van der Waals surface area contributed by atoms with Crippen molar-refractivity contribution in [3.8, 4) is 158 Å². The number of hydrogen-bond donors (Lipinski definition) is 0. The van der Waals surface area contributed by atoms with Gasteiger partial charge in [0.2, 0.25) is 0 Å². The first-order valence-electron chi connectivity index (χ1n) is 36.1. The van der Waals surface area contributed by atoms with Crippen molar-refractivity contribution < 1.29 is 9.47 Å². The van der Waals surface area contributed by atoms with Crippen LogP contribution in [0.25, 0.3) is 135 Å². The first-order chi connectivity index (χ1) is 52.5. The van der Waals surface area contributed by atoms with E-state index in [0.29, 0.717) is 11.6 Å². The van der Waals surface area contributed by atoms with Crippen LogP contribution in [-0.4, -0.2) is 19.9 Å². The molecule has 2 aliphatic carbocycles. The van der Waals surface area contributed by atoms with Crippen LogP contribution in [0.3, 0.4) is 0 Å². The Morgan fingerprint density at radius 3 is 0.943 bits per heavy atom. The number of fused-ring (bicyclic) bond motifs is 18. The molecule has 0 N–H and O–H groups in total. The number of para-hydroxylation sites is 4. The van der Waals surface area contributed by atoms with Gasteiger partial charge in [-0.25, -0.2) is 19.9 Å². The maximum absolute atomic E-state index is 7.23. The minimum absolute atomic E-state index is 0.559. The lowest BCUT2D eigenvalue weighted by molar-refractivity contribution is 0.438. The lowest BCUT2D eigenvalue weighted by Gasteiger charge is -2.40. The van der Waals surface area contributed by atoms with Gasteiger partial charge in [0.1, 0.15) is 23.0 Å². The Hall–Kier alpha value is -13.9. The first-order valence-corrected chi connectivity index (χ1v) is 36.1. The van der Waals surface area contributed by atoms with Gasteiger partial charge in [0, 0.05) is 66.8 Å². The van der Waals surface area contributed by atoms with Crippen molar-refractivity contribution in [2.24, 2.45) is 0 Å². The highest BCUT2D eigenvalue weighted by molar-refractivity contribution is 5.94. The van der Waals surface area contributed by atoms with Crippen LogP contribution in [0.5, 0.6) is 23.0 Å². The quantitative estimate of drug-likeness (QED) is 0.136. The first kappa shape index (κ1) is 60.8. The van der Waals surface area contributed by atoms with E-state index in [1.807, 2.05) is 18.2 Å². The van der Waals surface area contributed by atoms with Gasteiger partial charge >= 0.3 is 0 Å². The second-order valence-electron chi connectivity index (χ2n) is 27.8. The van der Waals surface area contributed by atoms with Gasteiger partial charge in [-0.15, -0.1) is 0 Å². The highest BCUT2D eigenvalue weighted by atomic mass is 16.5. The molecule has 2 spiro atoms. The van der Waals surface area contributed by atoms with E-state index >= 15 is 0 Å². The third-order valence-electron chi connectivity index (χ3n) is 22.1. The highest BCUT2D eigenvalue weighted by Gasteiger charge is 2.53. The molecule has 4 heterocycles. The summed E-state index contributed by atoms with van der Waals surface area (Å²) in [6.07, 6.45) is 0. The zero-order valence-corrected chi connectivity index (χ0v) is 57.4. The van der Waals surface area contributed by atoms with Gasteiger partial charge in [-0.2, -0.15) is 0 Å². The van der Waals surface area contributed by atoms with Crippen molar-refractivity contribution >= 4 is 0 Å². The molecule has 2 aromatic heterocycles. The Labute approximate surface area is 614 Å². The fourth-order valence-electron chi connectivity index (χ4n) is 17.3. The molecule has 1 atom stereocenters. The molecular weight excluding hydrogens is 1290 g/mol. The van der Waals surface area contributed by atoms with Crippen molar-refractivity contribution in [2.45, 2.75) is 10.8 Å². The fourth-order valence-corrected chi connectivity index (χ4v) is 17.3. The molecule has 6 heteroatoms. The molecule has 4 aliphatic rings. The number of nitrogens with zero attached hydrogens (tertiary/aromatic N) is 4. The monoisotopic (exact) mass is 1350 g/mol. The van der Waals surface area contributed by atoms with E-state index in [0.717, 1.165) is 140 Å². The Bertz CT molecular complexity index is 6330. The molecule has 0 amide bonds. The number of hydrogen-bond acceptors (Lipinski definition) is 6. The molecule has 2 aliphatic heterocycles. The summed E-state index contributed by atoms with van der Waals surface area (Å²) in [5.41, 5.74) is 30.9. The average molecular weight is 1350 g/mol. The molecule has 15 aromatic carbocycles. The van der Waals surface area contributed by atoms with Crippen LogP contribution in [0.4, 0.5) is 0 Å². The molecule has 494 valence electrons. The molecular formula is C100H62N4O2. The minimum atomic E-state index is -0.698. The van der Waals surface area contributed by atoms with Crippen LogP contribution in [-0.2, 0) is 10.8 Å². The van der Waals surface area contributed by atoms with Gasteiger partial charge in [0.05, 0.1) is 33.6 Å². The van der Waals surface area contributed by atoms with Crippen molar-refractivity contribution in [2.75, 3.05) is 0 Å². The summed E-state index contributed by atoms with van der Waals surface area (Å²) < 4.78 is 14.3. The van der Waals surface area contributed by atoms with Crippen molar-refractivity contribution in [1.82, 2.24) is 19.9 Å². The molecule has 6 nitrogen and oxygen atoms in total. The Balaban J connectivity index is 0.628. The maximum Gasteiger partial charge on any atom is 0.160 e. The van der Waals surface area contributed by atoms with Gasteiger partial charge < -0.3 is 9.47 Å². The molecule has 0 saturated carbocycles. The maximum atomic E-state index is 7.23. The van der Waals surface area contributed by atoms with Crippen LogP contribution in [0.1, 0.15) is 44.5 Å². The minimum Gasteiger partial charge on any atom is -0.456 e. The summed E-state index contributed by atoms with van der Waals surface area (Å²) in [4.78, 5) is 21.2. The van der Waals surface area contributed by atoms with Gasteiger partial charge in [-0.05, 0) is 114 Å². The van der Waals surface area contributed by atoms with E-state index in [9.17, 15) is 0 Å².